The van der Waals surface area contributed by atoms with E-state index in [-0.39, 0.29) is 6.54 Å². The summed E-state index contributed by atoms with van der Waals surface area (Å²) in [5.41, 5.74) is 3.62. The molecule has 1 atom stereocenters. The fourth-order valence-electron chi connectivity index (χ4n) is 4.94. The molecule has 0 unspecified atom stereocenters. The number of urea groups is 1. The number of amides is 3. The zero-order chi connectivity index (χ0) is 30.9. The molecular formula is C34H39N5O5. The first kappa shape index (κ1) is 30.6. The van der Waals surface area contributed by atoms with E-state index in [1.165, 1.54) is 19.2 Å². The highest BCUT2D eigenvalue weighted by atomic mass is 16.6. The van der Waals surface area contributed by atoms with Crippen LogP contribution < -0.4 is 20.7 Å². The summed E-state index contributed by atoms with van der Waals surface area (Å²) in [6.07, 6.45) is 4.59. The lowest BCUT2D eigenvalue weighted by atomic mass is 10.1. The van der Waals surface area contributed by atoms with Crippen LogP contribution in [0.5, 0.6) is 5.75 Å². The number of benzene rings is 3. The highest BCUT2D eigenvalue weighted by molar-refractivity contribution is 6.00. The molecule has 1 aliphatic rings. The van der Waals surface area contributed by atoms with Gasteiger partial charge >= 0.3 is 12.1 Å². The molecule has 10 nitrogen and oxygen atoms in total. The fraction of sp³-hybridized carbons (Fsp3) is 0.324. The van der Waals surface area contributed by atoms with Crippen LogP contribution in [0.25, 0.3) is 11.3 Å². The molecule has 1 heterocycles. The molecule has 3 N–H and O–H groups in total. The van der Waals surface area contributed by atoms with Gasteiger partial charge in [0.15, 0.2) is 12.2 Å². The minimum absolute atomic E-state index is 0.244. The zero-order valence-electron chi connectivity index (χ0n) is 25.3. The molecule has 3 aromatic carbocycles. The van der Waals surface area contributed by atoms with Crippen molar-refractivity contribution >= 4 is 23.5 Å². The van der Waals surface area contributed by atoms with Gasteiger partial charge in [0.2, 0.25) is 0 Å². The Labute approximate surface area is 257 Å². The summed E-state index contributed by atoms with van der Waals surface area (Å²) >= 11 is 0. The number of alkyl carbamates (subject to hydrolysis) is 1. The Hall–Kier alpha value is -4.83. The molecule has 0 bridgehead atoms. The van der Waals surface area contributed by atoms with E-state index in [9.17, 15) is 9.59 Å². The van der Waals surface area contributed by atoms with E-state index < -0.39 is 18.2 Å². The number of ether oxygens (including phenoxy) is 2. The highest BCUT2D eigenvalue weighted by Gasteiger charge is 2.28. The van der Waals surface area contributed by atoms with Crippen molar-refractivity contribution in [1.82, 2.24) is 15.2 Å². The van der Waals surface area contributed by atoms with Gasteiger partial charge in [-0.3, -0.25) is 4.90 Å². The predicted octanol–water partition coefficient (Wildman–Crippen LogP) is 7.08. The van der Waals surface area contributed by atoms with Crippen LogP contribution in [0, 0.1) is 5.92 Å². The quantitative estimate of drug-likeness (QED) is 0.151. The number of oxazole rings is 1. The van der Waals surface area contributed by atoms with Crippen LogP contribution in [0.1, 0.15) is 43.9 Å². The summed E-state index contributed by atoms with van der Waals surface area (Å²) in [4.78, 5) is 32.0. The number of carbonyl (C=O) groups excluding carboxylic acids is 2. The highest BCUT2D eigenvalue weighted by Crippen LogP contribution is 2.33. The van der Waals surface area contributed by atoms with Crippen molar-refractivity contribution in [3.8, 4) is 17.1 Å². The number of aromatic nitrogens is 1. The van der Waals surface area contributed by atoms with Crippen molar-refractivity contribution in [3.63, 3.8) is 0 Å². The maximum absolute atomic E-state index is 13.0. The van der Waals surface area contributed by atoms with Crippen LogP contribution in [-0.4, -0.2) is 48.2 Å². The molecular weight excluding hydrogens is 558 g/mol. The minimum atomic E-state index is -0.493. The van der Waals surface area contributed by atoms with E-state index in [1.807, 2.05) is 42.5 Å². The van der Waals surface area contributed by atoms with Crippen LogP contribution in [0.4, 0.5) is 21.0 Å². The lowest BCUT2D eigenvalue weighted by Crippen LogP contribution is -2.38. The first-order valence-electron chi connectivity index (χ1n) is 14.8. The molecule has 44 heavy (non-hydrogen) atoms. The average molecular weight is 598 g/mol. The minimum Gasteiger partial charge on any atom is -0.496 e. The maximum Gasteiger partial charge on any atom is 0.408 e. The molecule has 1 aromatic heterocycles. The van der Waals surface area contributed by atoms with Gasteiger partial charge in [0, 0.05) is 43.1 Å². The smallest absolute Gasteiger partial charge is 0.408 e. The van der Waals surface area contributed by atoms with Crippen molar-refractivity contribution in [2.24, 2.45) is 5.92 Å². The fourth-order valence-corrected chi connectivity index (χ4v) is 4.94. The van der Waals surface area contributed by atoms with Crippen LogP contribution in [-0.2, 0) is 11.3 Å². The number of carbonyl (C=O) groups is 2. The normalized spacial score (nSPS) is 13.4. The Bertz CT molecular complexity index is 1520. The second-order valence-electron chi connectivity index (χ2n) is 11.2. The maximum atomic E-state index is 13.0. The Kier molecular flexibility index (Phi) is 10.1. The molecule has 230 valence electrons. The van der Waals surface area contributed by atoms with Crippen molar-refractivity contribution in [3.05, 3.63) is 96.5 Å². The third kappa shape index (κ3) is 8.61. The molecule has 4 aromatic rings. The van der Waals surface area contributed by atoms with E-state index in [2.05, 4.69) is 39.7 Å². The second kappa shape index (κ2) is 14.6. The lowest BCUT2D eigenvalue weighted by molar-refractivity contribution is 0.0584. The molecule has 1 aliphatic carbocycles. The van der Waals surface area contributed by atoms with Crippen molar-refractivity contribution < 1.29 is 23.5 Å². The number of hydrogen-bond donors (Lipinski definition) is 3. The first-order chi connectivity index (χ1) is 21.4. The third-order valence-electron chi connectivity index (χ3n) is 7.52. The number of nitrogens with one attached hydrogen (secondary N) is 3. The molecule has 1 saturated carbocycles. The molecule has 0 spiro atoms. The van der Waals surface area contributed by atoms with E-state index >= 15 is 0 Å². The number of nitrogens with zero attached hydrogens (tertiary/aromatic N) is 2. The van der Waals surface area contributed by atoms with Gasteiger partial charge in [0.25, 0.3) is 0 Å². The molecule has 10 heteroatoms. The van der Waals surface area contributed by atoms with Gasteiger partial charge in [0.1, 0.15) is 11.9 Å². The average Bonchev–Trinajstić information content (AvgIpc) is 3.68. The molecule has 0 aliphatic heterocycles. The second-order valence-corrected chi connectivity index (χ2v) is 11.2. The van der Waals surface area contributed by atoms with Crippen molar-refractivity contribution in [1.29, 1.82) is 0 Å². The van der Waals surface area contributed by atoms with Gasteiger partial charge in [-0.15, -0.1) is 0 Å². The summed E-state index contributed by atoms with van der Waals surface area (Å²) in [7, 11) is 1.55. The Morgan fingerprint density at radius 1 is 1.00 bits per heavy atom. The number of rotatable bonds is 13. The van der Waals surface area contributed by atoms with Gasteiger partial charge in [-0.25, -0.2) is 14.6 Å². The summed E-state index contributed by atoms with van der Waals surface area (Å²) in [5.74, 6) is 1.83. The van der Waals surface area contributed by atoms with Gasteiger partial charge in [-0.05, 0) is 68.0 Å². The first-order valence-corrected chi connectivity index (χ1v) is 14.8. The number of hydrogen-bond acceptors (Lipinski definition) is 7. The predicted molar refractivity (Wildman–Crippen MR) is 170 cm³/mol. The molecule has 1 fully saturated rings. The van der Waals surface area contributed by atoms with Crippen molar-refractivity contribution in [2.45, 2.75) is 45.4 Å². The molecule has 3 amide bonds. The van der Waals surface area contributed by atoms with Crippen LogP contribution >= 0.6 is 0 Å². The summed E-state index contributed by atoms with van der Waals surface area (Å²) in [6, 6.07) is 22.3. The largest absolute Gasteiger partial charge is 0.496 e. The topological polar surface area (TPSA) is 118 Å². The summed E-state index contributed by atoms with van der Waals surface area (Å²) in [5, 5.41) is 8.52. The van der Waals surface area contributed by atoms with Gasteiger partial charge < -0.3 is 29.8 Å². The Balaban J connectivity index is 1.16. The molecule has 5 rings (SSSR count). The summed E-state index contributed by atoms with van der Waals surface area (Å²) < 4.78 is 16.8. The lowest BCUT2D eigenvalue weighted by Gasteiger charge is -2.30. The van der Waals surface area contributed by atoms with Gasteiger partial charge in [0.05, 0.1) is 18.9 Å². The van der Waals surface area contributed by atoms with Gasteiger partial charge in [-0.2, -0.15) is 0 Å². The monoisotopic (exact) mass is 597 g/mol. The van der Waals surface area contributed by atoms with Crippen LogP contribution in [0.3, 0.4) is 0 Å². The summed E-state index contributed by atoms with van der Waals surface area (Å²) in [6.45, 7) is 6.25. The van der Waals surface area contributed by atoms with Crippen LogP contribution in [0.2, 0.25) is 0 Å². The molecule has 0 saturated heterocycles. The van der Waals surface area contributed by atoms with E-state index in [1.54, 1.807) is 43.6 Å². The van der Waals surface area contributed by atoms with E-state index in [0.717, 1.165) is 29.2 Å². The Morgan fingerprint density at radius 3 is 2.45 bits per heavy atom. The SMILES string of the molecule is COc1cc(NC(=O)Nc2cccc(CNC(=O)O[C@H](CN(CC3CC3)C(C)C)c3ccccc3)c2)ccc1-c1cnco1. The van der Waals surface area contributed by atoms with E-state index in [4.69, 9.17) is 13.9 Å². The standard InChI is InChI=1S/C34H39N5O5/c1-23(2)39(20-24-12-13-24)21-32(26-9-5-4-6-10-26)44-34(41)36-18-25-8-7-11-27(16-25)37-33(40)38-28-14-15-29(30(17-28)42-3)31-19-35-22-43-31/h4-11,14-17,19,22-24,32H,12-13,18,20-21H2,1-3H3,(H,36,41)(H2,37,38,40)/t32-/m1/s1. The number of anilines is 2. The Morgan fingerprint density at radius 2 is 1.77 bits per heavy atom. The third-order valence-corrected chi connectivity index (χ3v) is 7.52. The van der Waals surface area contributed by atoms with Gasteiger partial charge in [-0.1, -0.05) is 42.5 Å². The van der Waals surface area contributed by atoms with Crippen LogP contribution in [0.15, 0.2) is 89.8 Å². The van der Waals surface area contributed by atoms with E-state index in [0.29, 0.717) is 35.5 Å². The molecule has 0 radical (unpaired) electrons. The van der Waals surface area contributed by atoms with Crippen molar-refractivity contribution in [2.75, 3.05) is 30.8 Å². The number of methoxy groups -OCH3 is 1. The zero-order valence-corrected chi connectivity index (χ0v) is 25.3.